The maximum absolute atomic E-state index is 6.18. The Morgan fingerprint density at radius 3 is 2.63 bits per heavy atom. The quantitative estimate of drug-likeness (QED) is 0.886. The first-order chi connectivity index (χ1) is 9.06. The van der Waals surface area contributed by atoms with E-state index in [1.54, 1.807) is 0 Å². The molecule has 0 spiro atoms. The predicted octanol–water partition coefficient (Wildman–Crippen LogP) is 2.76. The Morgan fingerprint density at radius 1 is 1.26 bits per heavy atom. The van der Waals surface area contributed by atoms with E-state index in [0.717, 1.165) is 18.8 Å². The molecule has 0 saturated heterocycles. The molecule has 0 aromatic heterocycles. The molecular weight excluding hydrogens is 238 g/mol. The third-order valence-electron chi connectivity index (χ3n) is 4.02. The summed E-state index contributed by atoms with van der Waals surface area (Å²) in [5.41, 5.74) is 3.76. The highest BCUT2D eigenvalue weighted by atomic mass is 16.5. The van der Waals surface area contributed by atoms with Gasteiger partial charge < -0.3 is 14.8 Å². The van der Waals surface area contributed by atoms with Gasteiger partial charge in [-0.2, -0.15) is 0 Å². The summed E-state index contributed by atoms with van der Waals surface area (Å²) >= 11 is 0. The topological polar surface area (TPSA) is 30.5 Å². The van der Waals surface area contributed by atoms with Gasteiger partial charge in [-0.05, 0) is 57.5 Å². The minimum Gasteiger partial charge on any atom is -0.487 e. The van der Waals surface area contributed by atoms with E-state index in [2.05, 4.69) is 38.2 Å². The van der Waals surface area contributed by atoms with Crippen LogP contribution < -0.4 is 10.1 Å². The van der Waals surface area contributed by atoms with Gasteiger partial charge in [0.25, 0.3) is 0 Å². The summed E-state index contributed by atoms with van der Waals surface area (Å²) in [4.78, 5) is 0. The number of ether oxygens (including phenoxy) is 2. The van der Waals surface area contributed by atoms with Crippen LogP contribution >= 0.6 is 0 Å². The van der Waals surface area contributed by atoms with Gasteiger partial charge >= 0.3 is 0 Å². The van der Waals surface area contributed by atoms with Crippen LogP contribution in [0.25, 0.3) is 0 Å². The van der Waals surface area contributed by atoms with Gasteiger partial charge in [-0.3, -0.25) is 0 Å². The Labute approximate surface area is 116 Å². The highest BCUT2D eigenvalue weighted by Gasteiger charge is 2.43. The van der Waals surface area contributed by atoms with Crippen molar-refractivity contribution >= 4 is 0 Å². The number of nitrogens with one attached hydrogen (secondary N) is 1. The van der Waals surface area contributed by atoms with Crippen molar-refractivity contribution in [2.45, 2.75) is 52.4 Å². The lowest BCUT2D eigenvalue weighted by Crippen LogP contribution is -2.60. The van der Waals surface area contributed by atoms with Crippen molar-refractivity contribution in [3.05, 3.63) is 28.8 Å². The number of hydrogen-bond donors (Lipinski definition) is 1. The number of aryl methyl sites for hydroxylation is 2. The smallest absolute Gasteiger partial charge is 0.128 e. The lowest BCUT2D eigenvalue weighted by molar-refractivity contribution is -0.103. The molecule has 3 unspecified atom stereocenters. The maximum atomic E-state index is 6.18. The molecule has 1 N–H and O–H groups in total. The van der Waals surface area contributed by atoms with Gasteiger partial charge in [0.1, 0.15) is 18.0 Å². The second-order valence-electron chi connectivity index (χ2n) is 5.41. The van der Waals surface area contributed by atoms with Crippen LogP contribution in [0.4, 0.5) is 0 Å². The molecular formula is C16H25NO2. The van der Waals surface area contributed by atoms with Crippen molar-refractivity contribution in [3.8, 4) is 5.75 Å². The molecule has 19 heavy (non-hydrogen) atoms. The van der Waals surface area contributed by atoms with E-state index in [1.807, 2.05) is 14.0 Å². The highest BCUT2D eigenvalue weighted by Crippen LogP contribution is 2.32. The summed E-state index contributed by atoms with van der Waals surface area (Å²) < 4.78 is 12.0. The molecule has 3 heteroatoms. The zero-order chi connectivity index (χ0) is 14.0. The van der Waals surface area contributed by atoms with Crippen LogP contribution in [-0.2, 0) is 4.74 Å². The van der Waals surface area contributed by atoms with E-state index in [1.165, 1.54) is 16.7 Å². The highest BCUT2D eigenvalue weighted by molar-refractivity contribution is 5.42. The van der Waals surface area contributed by atoms with Gasteiger partial charge in [-0.1, -0.05) is 6.07 Å². The van der Waals surface area contributed by atoms with Crippen LogP contribution in [-0.4, -0.2) is 31.9 Å². The second kappa shape index (κ2) is 5.93. The van der Waals surface area contributed by atoms with Crippen LogP contribution in [0.3, 0.4) is 0 Å². The first-order valence-electron chi connectivity index (χ1n) is 7.10. The number of benzene rings is 1. The van der Waals surface area contributed by atoms with Gasteiger partial charge in [0.05, 0.1) is 0 Å². The summed E-state index contributed by atoms with van der Waals surface area (Å²) in [6, 6.07) is 4.73. The molecule has 0 radical (unpaired) electrons. The fourth-order valence-electron chi connectivity index (χ4n) is 2.68. The van der Waals surface area contributed by atoms with Crippen LogP contribution in [0.5, 0.6) is 5.75 Å². The number of hydrogen-bond acceptors (Lipinski definition) is 3. The second-order valence-corrected chi connectivity index (χ2v) is 5.41. The average Bonchev–Trinajstić information content (AvgIpc) is 2.36. The molecule has 0 aliphatic heterocycles. The fraction of sp³-hybridized carbons (Fsp3) is 0.625. The molecule has 1 aliphatic rings. The lowest BCUT2D eigenvalue weighted by atomic mass is 9.85. The first kappa shape index (κ1) is 14.4. The molecule has 1 fully saturated rings. The van der Waals surface area contributed by atoms with Crippen LogP contribution in [0.1, 0.15) is 30.0 Å². The summed E-state index contributed by atoms with van der Waals surface area (Å²) in [5.74, 6) is 1.00. The van der Waals surface area contributed by atoms with Crippen molar-refractivity contribution in [2.75, 3.05) is 13.7 Å². The van der Waals surface area contributed by atoms with Gasteiger partial charge in [0, 0.05) is 19.1 Å². The largest absolute Gasteiger partial charge is 0.487 e. The normalized spacial score (nSPS) is 26.1. The van der Waals surface area contributed by atoms with E-state index in [0.29, 0.717) is 6.04 Å². The molecule has 2 rings (SSSR count). The molecule has 1 aliphatic carbocycles. The third-order valence-corrected chi connectivity index (χ3v) is 4.02. The maximum Gasteiger partial charge on any atom is 0.128 e. The summed E-state index contributed by atoms with van der Waals surface area (Å²) in [5, 5.41) is 3.28. The van der Waals surface area contributed by atoms with Crippen LogP contribution in [0.2, 0.25) is 0 Å². The Hall–Kier alpha value is -1.06. The van der Waals surface area contributed by atoms with Crippen molar-refractivity contribution in [1.82, 2.24) is 5.32 Å². The van der Waals surface area contributed by atoms with Crippen molar-refractivity contribution < 1.29 is 9.47 Å². The molecule has 1 aromatic rings. The molecule has 106 valence electrons. The van der Waals surface area contributed by atoms with E-state index in [-0.39, 0.29) is 12.2 Å². The third kappa shape index (κ3) is 2.93. The molecule has 0 bridgehead atoms. The van der Waals surface area contributed by atoms with E-state index in [9.17, 15) is 0 Å². The Bertz CT molecular complexity index is 445. The molecule has 0 amide bonds. The molecule has 1 saturated carbocycles. The Kier molecular flexibility index (Phi) is 4.48. The molecule has 3 nitrogen and oxygen atoms in total. The van der Waals surface area contributed by atoms with Crippen LogP contribution in [0.15, 0.2) is 12.1 Å². The van der Waals surface area contributed by atoms with Crippen molar-refractivity contribution in [1.29, 1.82) is 0 Å². The predicted molar refractivity (Wildman–Crippen MR) is 77.9 cm³/mol. The summed E-state index contributed by atoms with van der Waals surface area (Å²) in [6.45, 7) is 9.12. The zero-order valence-electron chi connectivity index (χ0n) is 12.6. The summed E-state index contributed by atoms with van der Waals surface area (Å²) in [6.07, 6.45) is 1.33. The number of rotatable bonds is 5. The minimum atomic E-state index is 0.162. The fourth-order valence-corrected chi connectivity index (χ4v) is 2.68. The Morgan fingerprint density at radius 2 is 2.00 bits per heavy atom. The lowest BCUT2D eigenvalue weighted by Gasteiger charge is -2.43. The average molecular weight is 263 g/mol. The van der Waals surface area contributed by atoms with Gasteiger partial charge in [0.15, 0.2) is 0 Å². The zero-order valence-corrected chi connectivity index (χ0v) is 12.6. The van der Waals surface area contributed by atoms with Gasteiger partial charge in [-0.25, -0.2) is 0 Å². The standard InChI is InChI=1S/C16H25NO2/c1-6-18-16-13(17-5)9-15(16)19-14-8-10(2)7-11(3)12(14)4/h7-8,13,15-17H,6,9H2,1-5H3. The van der Waals surface area contributed by atoms with E-state index >= 15 is 0 Å². The van der Waals surface area contributed by atoms with E-state index < -0.39 is 0 Å². The monoisotopic (exact) mass is 263 g/mol. The molecule has 1 aromatic carbocycles. The van der Waals surface area contributed by atoms with Crippen molar-refractivity contribution in [3.63, 3.8) is 0 Å². The SMILES string of the molecule is CCOC1C(NC)CC1Oc1cc(C)cc(C)c1C. The molecule has 3 atom stereocenters. The van der Waals surface area contributed by atoms with Crippen LogP contribution in [0, 0.1) is 20.8 Å². The Balaban J connectivity index is 2.09. The van der Waals surface area contributed by atoms with Gasteiger partial charge in [0.2, 0.25) is 0 Å². The van der Waals surface area contributed by atoms with Crippen molar-refractivity contribution in [2.24, 2.45) is 0 Å². The number of likely N-dealkylation sites (N-methyl/N-ethyl adjacent to an activating group) is 1. The molecule has 0 heterocycles. The van der Waals surface area contributed by atoms with E-state index in [4.69, 9.17) is 9.47 Å². The summed E-state index contributed by atoms with van der Waals surface area (Å²) in [7, 11) is 1.98. The minimum absolute atomic E-state index is 0.162. The first-order valence-corrected chi connectivity index (χ1v) is 7.10. The van der Waals surface area contributed by atoms with Gasteiger partial charge in [-0.15, -0.1) is 0 Å².